The number of carboxylic acids is 1. The standard InChI is InChI=1S/C28H46O4Si2/c1-18(2)27(6,7)33(10,11)31-24-17-23(26(29)30)25(21-15-14-20(5)16-22(21)24)32-34(12,13)28(8,9)19(3)4/h14-19H,1-13H3,(H,29,30). The minimum Gasteiger partial charge on any atom is -0.543 e. The molecule has 2 aromatic rings. The lowest BCUT2D eigenvalue weighted by Gasteiger charge is -2.43. The summed E-state index contributed by atoms with van der Waals surface area (Å²) in [5, 5.41) is 11.9. The maximum atomic E-state index is 12.5. The Kier molecular flexibility index (Phi) is 7.81. The predicted octanol–water partition coefficient (Wildman–Crippen LogP) is 8.89. The quantitative estimate of drug-likeness (QED) is 0.348. The minimum absolute atomic E-state index is 0.00208. The Labute approximate surface area is 209 Å². The summed E-state index contributed by atoms with van der Waals surface area (Å²) in [6.45, 7) is 28.7. The minimum atomic E-state index is -2.35. The van der Waals surface area contributed by atoms with Crippen LogP contribution in [-0.2, 0) is 0 Å². The van der Waals surface area contributed by atoms with Gasteiger partial charge in [0, 0.05) is 10.8 Å². The van der Waals surface area contributed by atoms with E-state index in [0.717, 1.165) is 16.3 Å². The molecule has 0 atom stereocenters. The zero-order valence-electron chi connectivity index (χ0n) is 23.6. The van der Waals surface area contributed by atoms with Gasteiger partial charge in [-0.3, -0.25) is 0 Å². The second-order valence-electron chi connectivity index (χ2n) is 12.6. The van der Waals surface area contributed by atoms with E-state index in [4.69, 9.17) is 8.85 Å². The van der Waals surface area contributed by atoms with E-state index in [0.29, 0.717) is 23.3 Å². The van der Waals surface area contributed by atoms with Gasteiger partial charge in [-0.05, 0) is 67.2 Å². The van der Waals surface area contributed by atoms with Gasteiger partial charge in [0.15, 0.2) is 0 Å². The van der Waals surface area contributed by atoms with Gasteiger partial charge in [0.1, 0.15) is 17.1 Å². The highest BCUT2D eigenvalue weighted by molar-refractivity contribution is 6.75. The van der Waals surface area contributed by atoms with E-state index in [-0.39, 0.29) is 15.6 Å². The van der Waals surface area contributed by atoms with Crippen LogP contribution >= 0.6 is 0 Å². The van der Waals surface area contributed by atoms with Gasteiger partial charge < -0.3 is 14.0 Å². The van der Waals surface area contributed by atoms with Crippen molar-refractivity contribution in [2.45, 2.75) is 98.6 Å². The van der Waals surface area contributed by atoms with E-state index in [9.17, 15) is 9.90 Å². The third-order valence-corrected chi connectivity index (χ3v) is 18.0. The van der Waals surface area contributed by atoms with Crippen LogP contribution in [0.2, 0.25) is 36.3 Å². The Morgan fingerprint density at radius 3 is 1.74 bits per heavy atom. The van der Waals surface area contributed by atoms with Crippen molar-refractivity contribution in [2.75, 3.05) is 0 Å². The average molecular weight is 503 g/mol. The molecule has 2 aromatic carbocycles. The molecule has 0 aliphatic rings. The predicted molar refractivity (Wildman–Crippen MR) is 150 cm³/mol. The lowest BCUT2D eigenvalue weighted by Crippen LogP contribution is -2.48. The lowest BCUT2D eigenvalue weighted by atomic mass is 9.99. The second-order valence-corrected chi connectivity index (χ2v) is 21.6. The average Bonchev–Trinajstić information content (AvgIpc) is 2.68. The first-order chi connectivity index (χ1) is 15.3. The molecule has 0 aliphatic carbocycles. The molecule has 0 heterocycles. The summed E-state index contributed by atoms with van der Waals surface area (Å²) in [7, 11) is -4.61. The highest BCUT2D eigenvalue weighted by Gasteiger charge is 2.47. The molecule has 0 unspecified atom stereocenters. The molecule has 34 heavy (non-hydrogen) atoms. The van der Waals surface area contributed by atoms with Crippen molar-refractivity contribution in [3.8, 4) is 11.5 Å². The maximum absolute atomic E-state index is 12.5. The topological polar surface area (TPSA) is 55.8 Å². The molecule has 0 radical (unpaired) electrons. The van der Waals surface area contributed by atoms with Crippen LogP contribution in [0.4, 0.5) is 0 Å². The first-order valence-corrected chi connectivity index (χ1v) is 18.3. The first kappa shape index (κ1) is 28.4. The van der Waals surface area contributed by atoms with Gasteiger partial charge in [0.25, 0.3) is 16.6 Å². The van der Waals surface area contributed by atoms with Gasteiger partial charge in [-0.1, -0.05) is 73.1 Å². The van der Waals surface area contributed by atoms with Crippen molar-refractivity contribution in [3.05, 3.63) is 35.4 Å². The molecular formula is C28H46O4Si2. The monoisotopic (exact) mass is 502 g/mol. The second kappa shape index (κ2) is 9.34. The van der Waals surface area contributed by atoms with Crippen molar-refractivity contribution in [1.82, 2.24) is 0 Å². The smallest absolute Gasteiger partial charge is 0.339 e. The Hall–Kier alpha value is -1.80. The van der Waals surface area contributed by atoms with E-state index in [1.54, 1.807) is 6.07 Å². The Morgan fingerprint density at radius 1 is 0.824 bits per heavy atom. The molecule has 0 saturated carbocycles. The van der Waals surface area contributed by atoms with E-state index >= 15 is 0 Å². The van der Waals surface area contributed by atoms with Crippen LogP contribution in [0.1, 0.15) is 71.3 Å². The van der Waals surface area contributed by atoms with Crippen LogP contribution in [-0.4, -0.2) is 27.7 Å². The number of fused-ring (bicyclic) bond motifs is 1. The van der Waals surface area contributed by atoms with Crippen LogP contribution in [0.3, 0.4) is 0 Å². The molecule has 6 heteroatoms. The summed E-state index contributed by atoms with van der Waals surface area (Å²) in [6, 6.07) is 7.82. The molecule has 2 rings (SSSR count). The molecule has 0 amide bonds. The summed E-state index contributed by atoms with van der Waals surface area (Å²) < 4.78 is 13.6. The number of carboxylic acid groups (broad SMARTS) is 1. The van der Waals surface area contributed by atoms with Gasteiger partial charge >= 0.3 is 5.97 Å². The van der Waals surface area contributed by atoms with Gasteiger partial charge in [0.05, 0.1) is 0 Å². The van der Waals surface area contributed by atoms with Gasteiger partial charge in [-0.2, -0.15) is 0 Å². The van der Waals surface area contributed by atoms with Crippen LogP contribution in [0.15, 0.2) is 24.3 Å². The summed E-state index contributed by atoms with van der Waals surface area (Å²) >= 11 is 0. The van der Waals surface area contributed by atoms with Crippen LogP contribution in [0.5, 0.6) is 11.5 Å². The number of carbonyl (C=O) groups is 1. The molecule has 4 nitrogen and oxygen atoms in total. The van der Waals surface area contributed by atoms with Crippen LogP contribution in [0, 0.1) is 18.8 Å². The number of hydrogen-bond acceptors (Lipinski definition) is 3. The van der Waals surface area contributed by atoms with Crippen molar-refractivity contribution < 1.29 is 18.8 Å². The van der Waals surface area contributed by atoms with Gasteiger partial charge in [-0.25, -0.2) is 4.79 Å². The van der Waals surface area contributed by atoms with Crippen molar-refractivity contribution in [3.63, 3.8) is 0 Å². The van der Waals surface area contributed by atoms with E-state index in [1.165, 1.54) is 0 Å². The van der Waals surface area contributed by atoms with E-state index in [2.05, 4.69) is 94.6 Å². The number of aromatic carboxylic acids is 1. The number of rotatable bonds is 9. The normalized spacial score (nSPS) is 13.6. The van der Waals surface area contributed by atoms with Crippen molar-refractivity contribution in [2.24, 2.45) is 11.8 Å². The summed E-state index contributed by atoms with van der Waals surface area (Å²) in [5.74, 6) is 0.980. The van der Waals surface area contributed by atoms with Gasteiger partial charge in [0.2, 0.25) is 0 Å². The van der Waals surface area contributed by atoms with E-state index in [1.807, 2.05) is 12.1 Å². The Morgan fingerprint density at radius 2 is 1.29 bits per heavy atom. The molecule has 190 valence electrons. The molecule has 1 N–H and O–H groups in total. The molecule has 0 fully saturated rings. The fraction of sp³-hybridized carbons (Fsp3) is 0.607. The van der Waals surface area contributed by atoms with Gasteiger partial charge in [-0.15, -0.1) is 0 Å². The SMILES string of the molecule is Cc1ccc2c(O[Si](C)(C)C(C)(C)C(C)C)c(C(=O)O)cc(O[Si](C)(C)C(C)(C)C(C)C)c2c1. The molecule has 0 aliphatic heterocycles. The fourth-order valence-corrected chi connectivity index (χ4v) is 8.77. The Balaban J connectivity index is 2.81. The summed E-state index contributed by atoms with van der Waals surface area (Å²) in [6.07, 6.45) is 0. The van der Waals surface area contributed by atoms with E-state index < -0.39 is 22.6 Å². The molecule has 0 spiro atoms. The Bertz CT molecular complexity index is 1070. The fourth-order valence-electron chi connectivity index (χ4n) is 4.02. The lowest BCUT2D eigenvalue weighted by molar-refractivity contribution is 0.0694. The number of benzene rings is 2. The first-order valence-electron chi connectivity index (χ1n) is 12.4. The molecular weight excluding hydrogens is 456 g/mol. The third kappa shape index (κ3) is 5.08. The zero-order valence-corrected chi connectivity index (χ0v) is 25.6. The highest BCUT2D eigenvalue weighted by Crippen LogP contribution is 2.49. The zero-order chi connectivity index (χ0) is 26.4. The van der Waals surface area contributed by atoms with Crippen molar-refractivity contribution >= 4 is 33.4 Å². The largest absolute Gasteiger partial charge is 0.543 e. The number of hydrogen-bond donors (Lipinski definition) is 1. The summed E-state index contributed by atoms with van der Waals surface area (Å²) in [4.78, 5) is 12.5. The molecule has 0 saturated heterocycles. The molecule has 0 aromatic heterocycles. The maximum Gasteiger partial charge on any atom is 0.339 e. The van der Waals surface area contributed by atoms with Crippen LogP contribution < -0.4 is 8.85 Å². The molecule has 0 bridgehead atoms. The highest BCUT2D eigenvalue weighted by atomic mass is 28.4. The number of aryl methyl sites for hydroxylation is 1. The van der Waals surface area contributed by atoms with Crippen molar-refractivity contribution in [1.29, 1.82) is 0 Å². The summed E-state index contributed by atoms with van der Waals surface area (Å²) in [5.41, 5.74) is 1.28. The third-order valence-electron chi connectivity index (χ3n) is 9.15. The van der Waals surface area contributed by atoms with Crippen LogP contribution in [0.25, 0.3) is 10.8 Å².